The van der Waals surface area contributed by atoms with Crippen molar-refractivity contribution in [2.75, 3.05) is 11.9 Å². The Balaban J connectivity index is 1.90. The number of phenols is 1. The molecule has 1 aliphatic rings. The number of hydrogen-bond donors (Lipinski definition) is 3. The van der Waals surface area contributed by atoms with E-state index in [9.17, 15) is 14.7 Å². The van der Waals surface area contributed by atoms with Gasteiger partial charge in [-0.25, -0.2) is 4.79 Å². The van der Waals surface area contributed by atoms with E-state index in [0.29, 0.717) is 18.5 Å². The maximum atomic E-state index is 11.8. The monoisotopic (exact) mass is 279 g/mol. The highest BCUT2D eigenvalue weighted by molar-refractivity contribution is 5.95. The molecule has 1 amide bonds. The third-order valence-corrected chi connectivity index (χ3v) is 3.23. The molecule has 1 saturated heterocycles. The van der Waals surface area contributed by atoms with Gasteiger partial charge in [-0.15, -0.1) is 0 Å². The van der Waals surface area contributed by atoms with Crippen molar-refractivity contribution >= 4 is 17.6 Å². The number of aromatic carboxylic acids is 1. The van der Waals surface area contributed by atoms with Crippen molar-refractivity contribution in [1.82, 2.24) is 0 Å². The predicted octanol–water partition coefficient (Wildman–Crippen LogP) is 1.99. The molecule has 0 bridgehead atoms. The number of rotatable bonds is 5. The molecule has 6 heteroatoms. The largest absolute Gasteiger partial charge is 0.507 e. The van der Waals surface area contributed by atoms with Gasteiger partial charge in [-0.05, 0) is 37.5 Å². The smallest absolute Gasteiger partial charge is 0.339 e. The topological polar surface area (TPSA) is 95.9 Å². The highest BCUT2D eigenvalue weighted by Gasteiger charge is 2.17. The molecule has 0 aromatic heterocycles. The number of amides is 1. The molecule has 0 saturated carbocycles. The molecule has 20 heavy (non-hydrogen) atoms. The summed E-state index contributed by atoms with van der Waals surface area (Å²) in [6, 6.07) is 3.95. The maximum absolute atomic E-state index is 11.8. The van der Waals surface area contributed by atoms with Gasteiger partial charge in [0.25, 0.3) is 0 Å². The molecule has 0 radical (unpaired) electrons. The third kappa shape index (κ3) is 3.71. The number of ether oxygens (including phenoxy) is 1. The van der Waals surface area contributed by atoms with Crippen LogP contribution in [-0.4, -0.2) is 34.8 Å². The van der Waals surface area contributed by atoms with Crippen LogP contribution < -0.4 is 5.32 Å². The van der Waals surface area contributed by atoms with Crippen LogP contribution in [0.4, 0.5) is 5.69 Å². The molecule has 1 fully saturated rings. The fraction of sp³-hybridized carbons (Fsp3) is 0.429. The normalized spacial score (nSPS) is 17.9. The van der Waals surface area contributed by atoms with Crippen molar-refractivity contribution < 1.29 is 24.5 Å². The van der Waals surface area contributed by atoms with Crippen molar-refractivity contribution in [3.8, 4) is 5.75 Å². The average molecular weight is 279 g/mol. The molecule has 3 N–H and O–H groups in total. The summed E-state index contributed by atoms with van der Waals surface area (Å²) in [6.07, 6.45) is 3.15. The van der Waals surface area contributed by atoms with Crippen LogP contribution in [-0.2, 0) is 9.53 Å². The first kappa shape index (κ1) is 14.3. The minimum atomic E-state index is -1.24. The highest BCUT2D eigenvalue weighted by Crippen LogP contribution is 2.22. The quantitative estimate of drug-likeness (QED) is 0.716. The number of carboxylic acid groups (broad SMARTS) is 1. The van der Waals surface area contributed by atoms with Gasteiger partial charge in [0.15, 0.2) is 0 Å². The SMILES string of the molecule is O=C(CCC1CCCO1)Nc1ccc(O)c(C(=O)O)c1. The fourth-order valence-corrected chi connectivity index (χ4v) is 2.17. The number of carbonyl (C=O) groups excluding carboxylic acids is 1. The van der Waals surface area contributed by atoms with E-state index in [-0.39, 0.29) is 23.3 Å². The Labute approximate surface area is 116 Å². The molecular formula is C14H17NO5. The molecule has 2 rings (SSSR count). The number of carbonyl (C=O) groups is 2. The second-order valence-corrected chi connectivity index (χ2v) is 4.76. The van der Waals surface area contributed by atoms with E-state index >= 15 is 0 Å². The summed E-state index contributed by atoms with van der Waals surface area (Å²) < 4.78 is 5.43. The lowest BCUT2D eigenvalue weighted by molar-refractivity contribution is -0.116. The van der Waals surface area contributed by atoms with Crippen LogP contribution in [0.5, 0.6) is 5.75 Å². The van der Waals surface area contributed by atoms with Crippen molar-refractivity contribution in [3.05, 3.63) is 23.8 Å². The van der Waals surface area contributed by atoms with Crippen molar-refractivity contribution in [2.24, 2.45) is 0 Å². The molecule has 0 spiro atoms. The van der Waals surface area contributed by atoms with Gasteiger partial charge in [-0.2, -0.15) is 0 Å². The first-order valence-corrected chi connectivity index (χ1v) is 6.54. The Hall–Kier alpha value is -2.08. The predicted molar refractivity (Wildman–Crippen MR) is 71.9 cm³/mol. The van der Waals surface area contributed by atoms with E-state index in [4.69, 9.17) is 9.84 Å². The average Bonchev–Trinajstić information content (AvgIpc) is 2.91. The lowest BCUT2D eigenvalue weighted by Crippen LogP contribution is -2.15. The van der Waals surface area contributed by atoms with E-state index in [0.717, 1.165) is 19.4 Å². The molecule has 6 nitrogen and oxygen atoms in total. The lowest BCUT2D eigenvalue weighted by Gasteiger charge is -2.10. The standard InChI is InChI=1S/C14H17NO5/c16-12-5-3-9(8-11(12)14(18)19)15-13(17)6-4-10-2-1-7-20-10/h3,5,8,10,16H,1-2,4,6-7H2,(H,15,17)(H,18,19). The summed E-state index contributed by atoms with van der Waals surface area (Å²) >= 11 is 0. The minimum Gasteiger partial charge on any atom is -0.507 e. The van der Waals surface area contributed by atoms with E-state index < -0.39 is 5.97 Å². The van der Waals surface area contributed by atoms with Crippen molar-refractivity contribution in [3.63, 3.8) is 0 Å². The number of benzene rings is 1. The van der Waals surface area contributed by atoms with Crippen molar-refractivity contribution in [2.45, 2.75) is 31.8 Å². The molecular weight excluding hydrogens is 262 g/mol. The Morgan fingerprint density at radius 3 is 2.85 bits per heavy atom. The lowest BCUT2D eigenvalue weighted by atomic mass is 10.1. The van der Waals surface area contributed by atoms with Gasteiger partial charge in [0, 0.05) is 18.7 Å². The zero-order chi connectivity index (χ0) is 14.5. The van der Waals surface area contributed by atoms with Gasteiger partial charge in [-0.1, -0.05) is 0 Å². The maximum Gasteiger partial charge on any atom is 0.339 e. The Kier molecular flexibility index (Phi) is 4.57. The molecule has 1 aromatic carbocycles. The Morgan fingerprint density at radius 1 is 1.40 bits per heavy atom. The summed E-state index contributed by atoms with van der Waals surface area (Å²) in [6.45, 7) is 0.756. The van der Waals surface area contributed by atoms with Crippen molar-refractivity contribution in [1.29, 1.82) is 0 Å². The fourth-order valence-electron chi connectivity index (χ4n) is 2.17. The van der Waals surface area contributed by atoms with Crippen LogP contribution in [0.15, 0.2) is 18.2 Å². The van der Waals surface area contributed by atoms with Gasteiger partial charge < -0.3 is 20.3 Å². The van der Waals surface area contributed by atoms with Gasteiger partial charge in [-0.3, -0.25) is 4.79 Å². The molecule has 1 unspecified atom stereocenters. The zero-order valence-electron chi connectivity index (χ0n) is 11.0. The minimum absolute atomic E-state index is 0.148. The van der Waals surface area contributed by atoms with Gasteiger partial charge in [0.2, 0.25) is 5.91 Å². The summed E-state index contributed by atoms with van der Waals surface area (Å²) in [5.41, 5.74) is 0.125. The van der Waals surface area contributed by atoms with E-state index in [1.54, 1.807) is 0 Å². The van der Waals surface area contributed by atoms with Crippen LogP contribution in [0, 0.1) is 0 Å². The molecule has 1 aliphatic heterocycles. The molecule has 108 valence electrons. The second-order valence-electron chi connectivity index (χ2n) is 4.76. The van der Waals surface area contributed by atoms with E-state index in [1.165, 1.54) is 18.2 Å². The molecule has 1 atom stereocenters. The third-order valence-electron chi connectivity index (χ3n) is 3.23. The van der Waals surface area contributed by atoms with Crippen LogP contribution in [0.3, 0.4) is 0 Å². The number of hydrogen-bond acceptors (Lipinski definition) is 4. The number of nitrogens with one attached hydrogen (secondary N) is 1. The van der Waals surface area contributed by atoms with Crippen LogP contribution in [0.1, 0.15) is 36.0 Å². The van der Waals surface area contributed by atoms with Gasteiger partial charge in [0.05, 0.1) is 6.10 Å². The number of anilines is 1. The summed E-state index contributed by atoms with van der Waals surface area (Å²) in [5, 5.41) is 20.9. The zero-order valence-corrected chi connectivity index (χ0v) is 11.0. The summed E-state index contributed by atoms with van der Waals surface area (Å²) in [5.74, 6) is -1.75. The van der Waals surface area contributed by atoms with Gasteiger partial charge in [0.1, 0.15) is 11.3 Å². The molecule has 1 aromatic rings. The highest BCUT2D eigenvalue weighted by atomic mass is 16.5. The second kappa shape index (κ2) is 6.38. The van der Waals surface area contributed by atoms with Crippen LogP contribution in [0.2, 0.25) is 0 Å². The molecule has 1 heterocycles. The van der Waals surface area contributed by atoms with Crippen LogP contribution in [0.25, 0.3) is 0 Å². The Bertz CT molecular complexity index is 508. The van der Waals surface area contributed by atoms with E-state index in [2.05, 4.69) is 5.32 Å². The number of carboxylic acids is 1. The Morgan fingerprint density at radius 2 is 2.20 bits per heavy atom. The van der Waals surface area contributed by atoms with Crippen LogP contribution >= 0.6 is 0 Å². The summed E-state index contributed by atoms with van der Waals surface area (Å²) in [7, 11) is 0. The summed E-state index contributed by atoms with van der Waals surface area (Å²) in [4.78, 5) is 22.6. The first-order chi connectivity index (χ1) is 9.56. The van der Waals surface area contributed by atoms with Gasteiger partial charge >= 0.3 is 5.97 Å². The first-order valence-electron chi connectivity index (χ1n) is 6.54. The molecule has 0 aliphatic carbocycles. The number of aromatic hydroxyl groups is 1. The van der Waals surface area contributed by atoms with E-state index in [1.807, 2.05) is 0 Å².